The molecule has 0 aliphatic carbocycles. The van der Waals surface area contributed by atoms with Crippen LogP contribution in [0.3, 0.4) is 0 Å². The first kappa shape index (κ1) is 20.3. The first-order valence-electron chi connectivity index (χ1n) is 8.83. The van der Waals surface area contributed by atoms with Gasteiger partial charge in [0, 0.05) is 15.3 Å². The van der Waals surface area contributed by atoms with Crippen LogP contribution in [0.2, 0.25) is 10.0 Å². The zero-order valence-electron chi connectivity index (χ0n) is 14.9. The van der Waals surface area contributed by atoms with Crippen molar-refractivity contribution in [2.24, 2.45) is 5.92 Å². The van der Waals surface area contributed by atoms with E-state index in [1.807, 2.05) is 0 Å². The number of thiazole rings is 1. The minimum atomic E-state index is -0.693. The average molecular weight is 542 g/mol. The third kappa shape index (κ3) is 3.08. The molecule has 3 atom stereocenters. The Morgan fingerprint density at radius 1 is 1.00 bits per heavy atom. The molecular formula is C20H11BrCl2N2O3S2. The molecule has 5 rings (SSSR count). The van der Waals surface area contributed by atoms with Crippen molar-refractivity contribution in [3.05, 3.63) is 77.1 Å². The first-order valence-corrected chi connectivity index (χ1v) is 12.1. The number of halogens is 3. The maximum Gasteiger partial charge on any atom is 0.305 e. The number of fused-ring (bicyclic) bond motifs is 2. The van der Waals surface area contributed by atoms with E-state index in [1.165, 1.54) is 16.7 Å². The molecule has 2 unspecified atom stereocenters. The molecular weight excluding hydrogens is 531 g/mol. The molecule has 2 aliphatic heterocycles. The normalized spacial score (nSPS) is 22.9. The second kappa shape index (κ2) is 7.53. The van der Waals surface area contributed by atoms with E-state index in [0.717, 1.165) is 15.8 Å². The Labute approximate surface area is 197 Å². The summed E-state index contributed by atoms with van der Waals surface area (Å²) in [6.45, 7) is 0. The molecule has 2 aliphatic rings. The number of aromatic amines is 1. The fraction of sp³-hybridized carbons (Fsp3) is 0.150. The van der Waals surface area contributed by atoms with Crippen molar-refractivity contribution in [2.75, 3.05) is 4.90 Å². The van der Waals surface area contributed by atoms with Crippen molar-refractivity contribution < 1.29 is 9.59 Å². The Kier molecular flexibility index (Phi) is 5.10. The largest absolute Gasteiger partial charge is 0.307 e. The molecule has 2 amide bonds. The summed E-state index contributed by atoms with van der Waals surface area (Å²) in [5.74, 6) is -1.86. The van der Waals surface area contributed by atoms with Crippen LogP contribution < -0.4 is 9.77 Å². The lowest BCUT2D eigenvalue weighted by molar-refractivity contribution is -0.122. The van der Waals surface area contributed by atoms with Crippen LogP contribution in [0.5, 0.6) is 0 Å². The van der Waals surface area contributed by atoms with Crippen LogP contribution >= 0.6 is 62.2 Å². The van der Waals surface area contributed by atoms with Crippen molar-refractivity contribution in [1.82, 2.24) is 4.98 Å². The molecule has 1 N–H and O–H groups in total. The van der Waals surface area contributed by atoms with E-state index in [4.69, 9.17) is 23.2 Å². The Bertz CT molecular complexity index is 1260. The molecule has 1 fully saturated rings. The van der Waals surface area contributed by atoms with Crippen LogP contribution in [0.4, 0.5) is 5.69 Å². The smallest absolute Gasteiger partial charge is 0.305 e. The van der Waals surface area contributed by atoms with Gasteiger partial charge in [0.15, 0.2) is 0 Å². The van der Waals surface area contributed by atoms with Crippen molar-refractivity contribution in [3.63, 3.8) is 0 Å². The fourth-order valence-electron chi connectivity index (χ4n) is 3.96. The molecule has 152 valence electrons. The number of aromatic nitrogens is 1. The molecule has 10 heteroatoms. The van der Waals surface area contributed by atoms with E-state index < -0.39 is 17.1 Å². The molecule has 3 heterocycles. The second-order valence-electron chi connectivity index (χ2n) is 6.88. The van der Waals surface area contributed by atoms with E-state index >= 15 is 0 Å². The third-order valence-electron chi connectivity index (χ3n) is 5.23. The van der Waals surface area contributed by atoms with Crippen molar-refractivity contribution in [1.29, 1.82) is 0 Å². The lowest BCUT2D eigenvalue weighted by atomic mass is 9.83. The number of H-pyrrole nitrogens is 1. The quantitative estimate of drug-likeness (QED) is 0.447. The Morgan fingerprint density at radius 3 is 2.47 bits per heavy atom. The predicted octanol–water partition coefficient (Wildman–Crippen LogP) is 5.30. The van der Waals surface area contributed by atoms with Crippen molar-refractivity contribution >= 4 is 79.7 Å². The number of anilines is 1. The summed E-state index contributed by atoms with van der Waals surface area (Å²) in [6.07, 6.45) is 0. The summed E-state index contributed by atoms with van der Waals surface area (Å²) in [5.41, 5.74) is 1.14. The van der Waals surface area contributed by atoms with Gasteiger partial charge in [-0.05, 0) is 35.9 Å². The van der Waals surface area contributed by atoms with Crippen molar-refractivity contribution in [2.45, 2.75) is 16.2 Å². The number of carbonyl (C=O) groups excluding carboxylic acids is 2. The van der Waals surface area contributed by atoms with Gasteiger partial charge in [-0.2, -0.15) is 0 Å². The van der Waals surface area contributed by atoms with Gasteiger partial charge >= 0.3 is 4.87 Å². The minimum Gasteiger partial charge on any atom is -0.307 e. The van der Waals surface area contributed by atoms with Gasteiger partial charge in [-0.1, -0.05) is 74.4 Å². The molecule has 0 spiro atoms. The topological polar surface area (TPSA) is 70.2 Å². The summed E-state index contributed by atoms with van der Waals surface area (Å²) < 4.78 is 0.848. The highest BCUT2D eigenvalue weighted by Crippen LogP contribution is 2.54. The van der Waals surface area contributed by atoms with Gasteiger partial charge in [0.1, 0.15) is 5.25 Å². The number of hydrogen-bond acceptors (Lipinski definition) is 5. The molecule has 0 radical (unpaired) electrons. The minimum absolute atomic E-state index is 0.236. The summed E-state index contributed by atoms with van der Waals surface area (Å²) in [4.78, 5) is 43.5. The highest BCUT2D eigenvalue weighted by molar-refractivity contribution is 9.10. The summed E-state index contributed by atoms with van der Waals surface area (Å²) >= 11 is 18.4. The highest BCUT2D eigenvalue weighted by Gasteiger charge is 2.56. The molecule has 1 aromatic heterocycles. The number of rotatable bonds is 2. The van der Waals surface area contributed by atoms with Gasteiger partial charge in [0.25, 0.3) is 0 Å². The SMILES string of the molecule is O=C1C2Sc3[nH]c(=O)sc3[C@H](c3cccc(Cl)c3Cl)C2C(=O)N1c1ccc(Br)cc1. The molecule has 1 saturated heterocycles. The zero-order chi connectivity index (χ0) is 21.2. The number of nitrogens with one attached hydrogen (secondary N) is 1. The molecule has 3 aromatic rings. The maximum absolute atomic E-state index is 13.6. The fourth-order valence-corrected chi connectivity index (χ4v) is 7.15. The molecule has 2 aromatic carbocycles. The van der Waals surface area contributed by atoms with E-state index in [9.17, 15) is 14.4 Å². The summed E-state index contributed by atoms with van der Waals surface area (Å²) in [6, 6.07) is 12.2. The predicted molar refractivity (Wildman–Crippen MR) is 123 cm³/mol. The molecule has 5 nitrogen and oxygen atoms in total. The van der Waals surface area contributed by atoms with Gasteiger partial charge < -0.3 is 4.98 Å². The second-order valence-corrected chi connectivity index (χ2v) is 10.7. The number of amides is 2. The van der Waals surface area contributed by atoms with Crippen LogP contribution in [0.25, 0.3) is 0 Å². The van der Waals surface area contributed by atoms with E-state index in [0.29, 0.717) is 31.2 Å². The molecule has 0 saturated carbocycles. The lowest BCUT2D eigenvalue weighted by Gasteiger charge is -2.30. The highest BCUT2D eigenvalue weighted by atomic mass is 79.9. The van der Waals surface area contributed by atoms with E-state index in [2.05, 4.69) is 20.9 Å². The number of imide groups is 1. The summed E-state index contributed by atoms with van der Waals surface area (Å²) in [5, 5.41) is 0.615. The average Bonchev–Trinajstić information content (AvgIpc) is 3.20. The lowest BCUT2D eigenvalue weighted by Crippen LogP contribution is -2.32. The van der Waals surface area contributed by atoms with Crippen LogP contribution in [0.15, 0.2) is 56.8 Å². The molecule has 0 bridgehead atoms. The van der Waals surface area contributed by atoms with Crippen molar-refractivity contribution in [3.8, 4) is 0 Å². The number of benzene rings is 2. The zero-order valence-corrected chi connectivity index (χ0v) is 19.6. The Balaban J connectivity index is 1.68. The van der Waals surface area contributed by atoms with E-state index in [-0.39, 0.29) is 16.7 Å². The Morgan fingerprint density at radius 2 is 1.73 bits per heavy atom. The number of carbonyl (C=O) groups is 2. The van der Waals surface area contributed by atoms with Gasteiger partial charge in [-0.25, -0.2) is 4.90 Å². The Hall–Kier alpha value is -1.58. The molecule has 30 heavy (non-hydrogen) atoms. The van der Waals surface area contributed by atoms with Gasteiger partial charge in [-0.15, -0.1) is 0 Å². The van der Waals surface area contributed by atoms with Crippen LogP contribution in [0.1, 0.15) is 16.4 Å². The van der Waals surface area contributed by atoms with E-state index in [1.54, 1.807) is 42.5 Å². The maximum atomic E-state index is 13.6. The standard InChI is InChI=1S/C20H11BrCl2N2O3S2/c21-8-4-6-9(7-5-8)25-18(26)13-12(10-2-1-3-11(22)14(10)23)15-17(24-20(28)30-15)29-16(13)19(25)27/h1-7,12-13,16H,(H,24,28)/t12-,13?,16?/m1/s1. The monoisotopic (exact) mass is 540 g/mol. The van der Waals surface area contributed by atoms with Crippen LogP contribution in [-0.2, 0) is 9.59 Å². The number of thioether (sulfide) groups is 1. The van der Waals surface area contributed by atoms with Gasteiger partial charge in [0.05, 0.1) is 26.7 Å². The van der Waals surface area contributed by atoms with Crippen LogP contribution in [0, 0.1) is 5.92 Å². The first-order chi connectivity index (χ1) is 14.4. The van der Waals surface area contributed by atoms with Crippen LogP contribution in [-0.4, -0.2) is 22.0 Å². The third-order valence-corrected chi connectivity index (χ3v) is 8.99. The van der Waals surface area contributed by atoms with Gasteiger partial charge in [-0.3, -0.25) is 14.4 Å². The number of hydrogen-bond donors (Lipinski definition) is 1. The van der Waals surface area contributed by atoms with Gasteiger partial charge in [0.2, 0.25) is 11.8 Å². The number of nitrogens with zero attached hydrogens (tertiary/aromatic N) is 1. The summed E-state index contributed by atoms with van der Waals surface area (Å²) in [7, 11) is 0.